The van der Waals surface area contributed by atoms with E-state index in [9.17, 15) is 0 Å². The summed E-state index contributed by atoms with van der Waals surface area (Å²) in [5.74, 6) is 1.62. The number of hydrogen-bond donors (Lipinski definition) is 1. The summed E-state index contributed by atoms with van der Waals surface area (Å²) in [6.45, 7) is 6.91. The molecule has 2 rings (SSSR count). The zero-order chi connectivity index (χ0) is 15.1. The molecule has 1 N–H and O–H groups in total. The number of hydrogen-bond acceptors (Lipinski definition) is 4. The normalized spacial score (nSPS) is 10.6. The molecule has 21 heavy (non-hydrogen) atoms. The van der Waals surface area contributed by atoms with E-state index in [1.54, 1.807) is 4.68 Å². The van der Waals surface area contributed by atoms with E-state index in [0.717, 1.165) is 30.4 Å². The minimum Gasteiger partial charge on any atom is -0.490 e. The van der Waals surface area contributed by atoms with Gasteiger partial charge in [-0.15, -0.1) is 0 Å². The molecule has 2 aromatic rings. The van der Waals surface area contributed by atoms with Gasteiger partial charge in [-0.05, 0) is 31.2 Å². The van der Waals surface area contributed by atoms with E-state index in [0.29, 0.717) is 13.2 Å². The van der Waals surface area contributed by atoms with Gasteiger partial charge in [0.2, 0.25) is 5.88 Å². The summed E-state index contributed by atoms with van der Waals surface area (Å²) >= 11 is 0. The lowest BCUT2D eigenvalue weighted by molar-refractivity contribution is 0.206. The molecule has 0 atom stereocenters. The number of rotatable bonds is 8. The van der Waals surface area contributed by atoms with Gasteiger partial charge >= 0.3 is 0 Å². The molecule has 5 nitrogen and oxygen atoms in total. The van der Waals surface area contributed by atoms with E-state index in [-0.39, 0.29) is 0 Å². The molecule has 0 amide bonds. The molecular formula is C16H23N3O2. The maximum Gasteiger partial charge on any atom is 0.211 e. The Labute approximate surface area is 125 Å². The van der Waals surface area contributed by atoms with Gasteiger partial charge in [-0.25, -0.2) is 4.68 Å². The molecule has 0 fully saturated rings. The summed E-state index contributed by atoms with van der Waals surface area (Å²) in [5.41, 5.74) is 2.20. The third-order valence-electron chi connectivity index (χ3n) is 3.06. The highest BCUT2D eigenvalue weighted by molar-refractivity contribution is 5.27. The first-order valence-corrected chi connectivity index (χ1v) is 7.25. The Kier molecular flexibility index (Phi) is 5.63. The quantitative estimate of drug-likeness (QED) is 0.758. The van der Waals surface area contributed by atoms with Crippen molar-refractivity contribution in [2.75, 3.05) is 19.8 Å². The van der Waals surface area contributed by atoms with Crippen LogP contribution < -0.4 is 14.8 Å². The second-order valence-corrected chi connectivity index (χ2v) is 4.87. The molecule has 0 radical (unpaired) electrons. The molecule has 0 bridgehead atoms. The van der Waals surface area contributed by atoms with Crippen LogP contribution in [0.1, 0.15) is 18.2 Å². The van der Waals surface area contributed by atoms with Crippen molar-refractivity contribution in [2.24, 2.45) is 7.05 Å². The molecule has 5 heteroatoms. The van der Waals surface area contributed by atoms with Gasteiger partial charge in [0, 0.05) is 19.7 Å². The molecule has 0 aliphatic carbocycles. The van der Waals surface area contributed by atoms with Gasteiger partial charge in [-0.2, -0.15) is 5.10 Å². The summed E-state index contributed by atoms with van der Waals surface area (Å²) in [5, 5.41) is 7.52. The maximum absolute atomic E-state index is 5.66. The first-order valence-electron chi connectivity index (χ1n) is 7.25. The van der Waals surface area contributed by atoms with Crippen molar-refractivity contribution in [2.45, 2.75) is 20.4 Å². The second-order valence-electron chi connectivity index (χ2n) is 4.87. The number of benzene rings is 1. The standard InChI is InChI=1S/C16H23N3O2/c1-4-17-12-14-5-7-15(8-6-14)20-9-10-21-16-11-13(2)18-19(16)3/h5-8,11,17H,4,9-10,12H2,1-3H3. The van der Waals surface area contributed by atoms with Crippen LogP contribution in [-0.4, -0.2) is 29.5 Å². The van der Waals surface area contributed by atoms with Crippen molar-refractivity contribution in [3.63, 3.8) is 0 Å². The van der Waals surface area contributed by atoms with Gasteiger partial charge in [-0.1, -0.05) is 19.1 Å². The lowest BCUT2D eigenvalue weighted by atomic mass is 10.2. The molecule has 0 aliphatic heterocycles. The largest absolute Gasteiger partial charge is 0.490 e. The molecular weight excluding hydrogens is 266 g/mol. The van der Waals surface area contributed by atoms with E-state index in [1.165, 1.54) is 5.56 Å². The zero-order valence-electron chi connectivity index (χ0n) is 12.9. The monoisotopic (exact) mass is 289 g/mol. The SMILES string of the molecule is CCNCc1ccc(OCCOc2cc(C)nn2C)cc1. The first-order chi connectivity index (χ1) is 10.2. The topological polar surface area (TPSA) is 48.3 Å². The first kappa shape index (κ1) is 15.4. The Hall–Kier alpha value is -2.01. The average Bonchev–Trinajstić information content (AvgIpc) is 2.80. The van der Waals surface area contributed by atoms with Crippen molar-refractivity contribution in [1.82, 2.24) is 15.1 Å². The third-order valence-corrected chi connectivity index (χ3v) is 3.06. The molecule has 0 saturated heterocycles. The minimum absolute atomic E-state index is 0.498. The molecule has 1 heterocycles. The van der Waals surface area contributed by atoms with Crippen LogP contribution in [0.15, 0.2) is 30.3 Å². The summed E-state index contributed by atoms with van der Waals surface area (Å²) in [7, 11) is 1.87. The van der Waals surface area contributed by atoms with E-state index in [4.69, 9.17) is 9.47 Å². The fraction of sp³-hybridized carbons (Fsp3) is 0.438. The smallest absolute Gasteiger partial charge is 0.211 e. The van der Waals surface area contributed by atoms with Gasteiger partial charge in [0.1, 0.15) is 19.0 Å². The number of nitrogens with zero attached hydrogens (tertiary/aromatic N) is 2. The number of nitrogens with one attached hydrogen (secondary N) is 1. The van der Waals surface area contributed by atoms with Crippen LogP contribution in [0.25, 0.3) is 0 Å². The lowest BCUT2D eigenvalue weighted by Gasteiger charge is -2.09. The highest BCUT2D eigenvalue weighted by Crippen LogP contribution is 2.13. The number of ether oxygens (including phenoxy) is 2. The van der Waals surface area contributed by atoms with Crippen molar-refractivity contribution in [3.05, 3.63) is 41.6 Å². The van der Waals surface area contributed by atoms with Gasteiger partial charge < -0.3 is 14.8 Å². The van der Waals surface area contributed by atoms with Gasteiger partial charge in [0.05, 0.1) is 5.69 Å². The highest BCUT2D eigenvalue weighted by atomic mass is 16.5. The van der Waals surface area contributed by atoms with E-state index < -0.39 is 0 Å². The second kappa shape index (κ2) is 7.69. The van der Waals surface area contributed by atoms with E-state index >= 15 is 0 Å². The Morgan fingerprint density at radius 1 is 1.14 bits per heavy atom. The molecule has 1 aromatic heterocycles. The molecule has 0 saturated carbocycles. The van der Waals surface area contributed by atoms with Crippen LogP contribution in [0.4, 0.5) is 0 Å². The predicted octanol–water partition coefficient (Wildman–Crippen LogP) is 2.30. The van der Waals surface area contributed by atoms with Crippen LogP contribution in [0.2, 0.25) is 0 Å². The molecule has 0 unspecified atom stereocenters. The van der Waals surface area contributed by atoms with E-state index in [1.807, 2.05) is 32.2 Å². The third kappa shape index (κ3) is 4.79. The summed E-state index contributed by atoms with van der Waals surface area (Å²) in [4.78, 5) is 0. The van der Waals surface area contributed by atoms with Crippen LogP contribution in [0, 0.1) is 6.92 Å². The van der Waals surface area contributed by atoms with Crippen molar-refractivity contribution in [3.8, 4) is 11.6 Å². The van der Waals surface area contributed by atoms with Crippen LogP contribution in [0.5, 0.6) is 11.6 Å². The summed E-state index contributed by atoms with van der Waals surface area (Å²) < 4.78 is 13.0. The Morgan fingerprint density at radius 3 is 2.48 bits per heavy atom. The number of aryl methyl sites for hydroxylation is 2. The Bertz CT molecular complexity index is 549. The predicted molar refractivity (Wildman–Crippen MR) is 82.8 cm³/mol. The van der Waals surface area contributed by atoms with Crippen molar-refractivity contribution in [1.29, 1.82) is 0 Å². The molecule has 1 aromatic carbocycles. The molecule has 114 valence electrons. The van der Waals surface area contributed by atoms with E-state index in [2.05, 4.69) is 29.5 Å². The van der Waals surface area contributed by atoms with Crippen molar-refractivity contribution >= 4 is 0 Å². The number of aromatic nitrogens is 2. The van der Waals surface area contributed by atoms with Gasteiger partial charge in [0.15, 0.2) is 0 Å². The maximum atomic E-state index is 5.66. The highest BCUT2D eigenvalue weighted by Gasteiger charge is 2.02. The fourth-order valence-electron chi connectivity index (χ4n) is 2.00. The minimum atomic E-state index is 0.498. The van der Waals surface area contributed by atoms with Crippen LogP contribution in [0.3, 0.4) is 0 Å². The summed E-state index contributed by atoms with van der Waals surface area (Å²) in [6, 6.07) is 10.0. The fourth-order valence-corrected chi connectivity index (χ4v) is 2.00. The van der Waals surface area contributed by atoms with Gasteiger partial charge in [0.25, 0.3) is 0 Å². The van der Waals surface area contributed by atoms with Crippen LogP contribution >= 0.6 is 0 Å². The Morgan fingerprint density at radius 2 is 1.86 bits per heavy atom. The molecule has 0 spiro atoms. The molecule has 0 aliphatic rings. The average molecular weight is 289 g/mol. The van der Waals surface area contributed by atoms with Crippen molar-refractivity contribution < 1.29 is 9.47 Å². The van der Waals surface area contributed by atoms with Crippen LogP contribution in [-0.2, 0) is 13.6 Å². The summed E-state index contributed by atoms with van der Waals surface area (Å²) in [6.07, 6.45) is 0. The zero-order valence-corrected chi connectivity index (χ0v) is 12.9. The Balaban J connectivity index is 1.72. The van der Waals surface area contributed by atoms with Gasteiger partial charge in [-0.3, -0.25) is 0 Å². The lowest BCUT2D eigenvalue weighted by Crippen LogP contribution is -2.12.